The van der Waals surface area contributed by atoms with Crippen LogP contribution in [0.2, 0.25) is 0 Å². The van der Waals surface area contributed by atoms with Crippen molar-refractivity contribution in [3.63, 3.8) is 0 Å². The van der Waals surface area contributed by atoms with E-state index in [2.05, 4.69) is 35.8 Å². The molecular weight excluding hydrogens is 430 g/mol. The van der Waals surface area contributed by atoms with Gasteiger partial charge in [-0.3, -0.25) is 4.79 Å². The summed E-state index contributed by atoms with van der Waals surface area (Å²) in [6.07, 6.45) is 12.1. The fourth-order valence-electron chi connectivity index (χ4n) is 4.38. The molecule has 1 fully saturated rings. The first-order valence-electron chi connectivity index (χ1n) is 11.7. The number of benzene rings is 1. The number of aromatic nitrogens is 2. The number of carbonyl (C=O) groups is 1. The third-order valence-corrected chi connectivity index (χ3v) is 7.13. The molecule has 172 valence electrons. The SMILES string of the molecule is CCc1c(C)nc(-c2cc(/C=C/C3CCCCC3)cs2)nc1Nc1ccc(CC(=O)O)cc1. The third kappa shape index (κ3) is 6.08. The van der Waals surface area contributed by atoms with E-state index in [9.17, 15) is 4.79 Å². The van der Waals surface area contributed by atoms with Gasteiger partial charge < -0.3 is 10.4 Å². The molecule has 4 rings (SSSR count). The van der Waals surface area contributed by atoms with Gasteiger partial charge in [0.15, 0.2) is 5.82 Å². The largest absolute Gasteiger partial charge is 0.481 e. The maximum atomic E-state index is 10.9. The van der Waals surface area contributed by atoms with Crippen molar-refractivity contribution in [3.8, 4) is 10.7 Å². The highest BCUT2D eigenvalue weighted by Gasteiger charge is 2.14. The summed E-state index contributed by atoms with van der Waals surface area (Å²) in [6.45, 7) is 4.13. The Morgan fingerprint density at radius 3 is 2.64 bits per heavy atom. The molecule has 0 unspecified atom stereocenters. The summed E-state index contributed by atoms with van der Waals surface area (Å²) in [4.78, 5) is 21.7. The number of anilines is 2. The van der Waals surface area contributed by atoms with Crippen molar-refractivity contribution in [2.24, 2.45) is 5.92 Å². The fourth-order valence-corrected chi connectivity index (χ4v) is 5.19. The van der Waals surface area contributed by atoms with Crippen LogP contribution in [-0.2, 0) is 17.6 Å². The molecule has 3 aromatic rings. The van der Waals surface area contributed by atoms with Gasteiger partial charge in [0.05, 0.1) is 11.3 Å². The highest BCUT2D eigenvalue weighted by atomic mass is 32.1. The van der Waals surface area contributed by atoms with E-state index in [1.165, 1.54) is 37.7 Å². The van der Waals surface area contributed by atoms with E-state index in [4.69, 9.17) is 15.1 Å². The Morgan fingerprint density at radius 2 is 1.94 bits per heavy atom. The molecule has 33 heavy (non-hydrogen) atoms. The van der Waals surface area contributed by atoms with Crippen LogP contribution in [0.15, 0.2) is 41.8 Å². The number of rotatable bonds is 8. The Bertz CT molecular complexity index is 1130. The van der Waals surface area contributed by atoms with Crippen LogP contribution in [0.5, 0.6) is 0 Å². The molecule has 1 saturated carbocycles. The molecule has 0 spiro atoms. The maximum absolute atomic E-state index is 10.9. The first-order chi connectivity index (χ1) is 16.0. The minimum atomic E-state index is -0.830. The Balaban J connectivity index is 1.54. The zero-order valence-corrected chi connectivity index (χ0v) is 20.1. The van der Waals surface area contributed by atoms with Gasteiger partial charge in [0.25, 0.3) is 0 Å². The molecule has 6 heteroatoms. The lowest BCUT2D eigenvalue weighted by Crippen LogP contribution is -2.05. The number of allylic oxidation sites excluding steroid dienone is 1. The summed E-state index contributed by atoms with van der Waals surface area (Å²) in [5, 5.41) is 14.6. The number of carboxylic acids is 1. The van der Waals surface area contributed by atoms with Gasteiger partial charge in [-0.25, -0.2) is 9.97 Å². The minimum absolute atomic E-state index is 0.0210. The van der Waals surface area contributed by atoms with E-state index in [1.54, 1.807) is 11.3 Å². The van der Waals surface area contributed by atoms with Gasteiger partial charge in [0.1, 0.15) is 5.82 Å². The van der Waals surface area contributed by atoms with E-state index >= 15 is 0 Å². The topological polar surface area (TPSA) is 75.1 Å². The van der Waals surface area contributed by atoms with Crippen LogP contribution < -0.4 is 5.32 Å². The van der Waals surface area contributed by atoms with Gasteiger partial charge in [-0.2, -0.15) is 0 Å². The normalized spacial score (nSPS) is 14.6. The molecule has 1 aromatic carbocycles. The number of hydrogen-bond acceptors (Lipinski definition) is 5. The average Bonchev–Trinajstić information content (AvgIpc) is 3.28. The van der Waals surface area contributed by atoms with Gasteiger partial charge in [0.2, 0.25) is 0 Å². The van der Waals surface area contributed by atoms with Crippen LogP contribution in [0.4, 0.5) is 11.5 Å². The summed E-state index contributed by atoms with van der Waals surface area (Å²) in [6, 6.07) is 9.64. The molecule has 2 N–H and O–H groups in total. The van der Waals surface area contributed by atoms with Gasteiger partial charge in [-0.05, 0) is 66.8 Å². The highest BCUT2D eigenvalue weighted by molar-refractivity contribution is 7.13. The lowest BCUT2D eigenvalue weighted by molar-refractivity contribution is -0.136. The van der Waals surface area contributed by atoms with Gasteiger partial charge in [-0.1, -0.05) is 50.5 Å². The summed E-state index contributed by atoms with van der Waals surface area (Å²) >= 11 is 1.67. The lowest BCUT2D eigenvalue weighted by Gasteiger charge is -2.17. The van der Waals surface area contributed by atoms with Gasteiger partial charge in [-0.15, -0.1) is 11.3 Å². The molecule has 0 bridgehead atoms. The monoisotopic (exact) mass is 461 g/mol. The molecular formula is C27H31N3O2S. The fraction of sp³-hybridized carbons (Fsp3) is 0.370. The first-order valence-corrected chi connectivity index (χ1v) is 12.6. The minimum Gasteiger partial charge on any atom is -0.481 e. The number of nitrogens with one attached hydrogen (secondary N) is 1. The van der Waals surface area contributed by atoms with Gasteiger partial charge >= 0.3 is 5.97 Å². The second-order valence-electron chi connectivity index (χ2n) is 8.71. The van der Waals surface area contributed by atoms with Crippen molar-refractivity contribution in [2.75, 3.05) is 5.32 Å². The summed E-state index contributed by atoms with van der Waals surface area (Å²) in [5.74, 6) is 1.42. The van der Waals surface area contributed by atoms with Crippen LogP contribution in [0.25, 0.3) is 16.8 Å². The number of carboxylic acid groups (broad SMARTS) is 1. The molecule has 0 aliphatic heterocycles. The number of hydrogen-bond donors (Lipinski definition) is 2. The summed E-state index contributed by atoms with van der Waals surface area (Å²) < 4.78 is 0. The third-order valence-electron chi connectivity index (χ3n) is 6.19. The van der Waals surface area contributed by atoms with Crippen molar-refractivity contribution in [2.45, 2.75) is 58.8 Å². The Morgan fingerprint density at radius 1 is 1.18 bits per heavy atom. The maximum Gasteiger partial charge on any atom is 0.307 e. The van der Waals surface area contributed by atoms with E-state index < -0.39 is 5.97 Å². The van der Waals surface area contributed by atoms with Crippen LogP contribution >= 0.6 is 11.3 Å². The molecule has 0 atom stereocenters. The zero-order valence-electron chi connectivity index (χ0n) is 19.3. The number of nitrogens with zero attached hydrogens (tertiary/aromatic N) is 2. The van der Waals surface area contributed by atoms with Crippen molar-refractivity contribution >= 4 is 34.9 Å². The van der Waals surface area contributed by atoms with Crippen LogP contribution in [0.3, 0.4) is 0 Å². The number of aliphatic carboxylic acids is 1. The molecule has 5 nitrogen and oxygen atoms in total. The predicted octanol–water partition coefficient (Wildman–Crippen LogP) is 7.04. The van der Waals surface area contributed by atoms with Crippen molar-refractivity contribution < 1.29 is 9.90 Å². The smallest absolute Gasteiger partial charge is 0.307 e. The molecule has 1 aliphatic carbocycles. The van der Waals surface area contributed by atoms with Crippen LogP contribution in [0.1, 0.15) is 61.4 Å². The lowest BCUT2D eigenvalue weighted by atomic mass is 9.89. The Labute approximate surface area is 199 Å². The average molecular weight is 462 g/mol. The molecule has 1 aliphatic rings. The Kier molecular flexibility index (Phi) is 7.55. The standard InChI is InChI=1S/C27H31N3O2S/c1-3-23-18(2)28-27(24-15-21(17-33-24)10-9-19-7-5-4-6-8-19)30-26(23)29-22-13-11-20(12-14-22)16-25(31)32/h9-15,17,19H,3-8,16H2,1-2H3,(H,31,32)(H,28,29,30)/b10-9+. The summed E-state index contributed by atoms with van der Waals surface area (Å²) in [5.41, 5.74) is 4.92. The van der Waals surface area contributed by atoms with Crippen molar-refractivity contribution in [3.05, 3.63) is 64.2 Å². The zero-order chi connectivity index (χ0) is 23.2. The van der Waals surface area contributed by atoms with E-state index in [1.807, 2.05) is 31.2 Å². The van der Waals surface area contributed by atoms with E-state index in [0.29, 0.717) is 5.92 Å². The van der Waals surface area contributed by atoms with Gasteiger partial charge in [0, 0.05) is 16.9 Å². The quantitative estimate of drug-likeness (QED) is 0.376. The second kappa shape index (κ2) is 10.8. The van der Waals surface area contributed by atoms with Crippen LogP contribution in [-0.4, -0.2) is 21.0 Å². The molecule has 0 radical (unpaired) electrons. The molecule has 2 aromatic heterocycles. The molecule has 0 amide bonds. The second-order valence-corrected chi connectivity index (χ2v) is 9.62. The summed E-state index contributed by atoms with van der Waals surface area (Å²) in [7, 11) is 0. The van der Waals surface area contributed by atoms with Crippen LogP contribution in [0, 0.1) is 12.8 Å². The van der Waals surface area contributed by atoms with Crippen molar-refractivity contribution in [1.82, 2.24) is 9.97 Å². The Hall–Kier alpha value is -2.99. The van der Waals surface area contributed by atoms with Crippen molar-refractivity contribution in [1.29, 1.82) is 0 Å². The number of aryl methyl sites for hydroxylation is 1. The molecule has 2 heterocycles. The highest BCUT2D eigenvalue weighted by Crippen LogP contribution is 2.31. The van der Waals surface area contributed by atoms with E-state index in [-0.39, 0.29) is 6.42 Å². The number of thiophene rings is 1. The molecule has 0 saturated heterocycles. The first kappa shape index (κ1) is 23.2. The van der Waals surface area contributed by atoms with E-state index in [0.717, 1.165) is 45.4 Å². The predicted molar refractivity (Wildman–Crippen MR) is 136 cm³/mol.